The number of benzene rings is 2. The summed E-state index contributed by atoms with van der Waals surface area (Å²) in [5.41, 5.74) is 0.598. The van der Waals surface area contributed by atoms with Crippen LogP contribution in [0, 0.1) is 0 Å². The van der Waals surface area contributed by atoms with Gasteiger partial charge < -0.3 is 0 Å². The van der Waals surface area contributed by atoms with Crippen molar-refractivity contribution in [1.82, 2.24) is 14.1 Å². The predicted octanol–water partition coefficient (Wildman–Crippen LogP) is 2.06. The first-order valence-corrected chi connectivity index (χ1v) is 7.55. The minimum Gasteiger partial charge on any atom is -0.247 e. The number of aromatic nitrogens is 3. The first kappa shape index (κ1) is 13.1. The maximum Gasteiger partial charge on any atom is 0.353 e. The molecule has 0 amide bonds. The fourth-order valence-electron chi connectivity index (χ4n) is 2.52. The number of para-hydroxylation sites is 1. The van der Waals surface area contributed by atoms with Gasteiger partial charge in [0.15, 0.2) is 5.82 Å². The molecular formula is C16H11N3O2S. The van der Waals surface area contributed by atoms with E-state index in [4.69, 9.17) is 0 Å². The molecule has 4 rings (SSSR count). The summed E-state index contributed by atoms with van der Waals surface area (Å²) in [5.74, 6) is 0.390. The summed E-state index contributed by atoms with van der Waals surface area (Å²) in [6, 6.07) is 15.3. The molecule has 6 heteroatoms. The van der Waals surface area contributed by atoms with Crippen molar-refractivity contribution in [2.45, 2.75) is 9.79 Å². The summed E-state index contributed by atoms with van der Waals surface area (Å²) < 4.78 is 2.54. The molecule has 0 saturated carbocycles. The van der Waals surface area contributed by atoms with Crippen LogP contribution in [0.25, 0.3) is 17.1 Å². The maximum absolute atomic E-state index is 12.6. The van der Waals surface area contributed by atoms with Gasteiger partial charge in [-0.25, -0.2) is 18.7 Å². The SMILES string of the molecule is Cn1c(=O)nc2n(c1=O)-c1ccccc1Sc1ccccc1-2. The lowest BCUT2D eigenvalue weighted by molar-refractivity contribution is 0.686. The zero-order valence-electron chi connectivity index (χ0n) is 11.7. The Labute approximate surface area is 129 Å². The highest BCUT2D eigenvalue weighted by Crippen LogP contribution is 2.41. The molecule has 1 aliphatic heterocycles. The number of hydrogen-bond donors (Lipinski definition) is 0. The summed E-state index contributed by atoms with van der Waals surface area (Å²) in [5, 5.41) is 0. The monoisotopic (exact) mass is 309 g/mol. The summed E-state index contributed by atoms with van der Waals surface area (Å²) in [6.07, 6.45) is 0. The molecule has 1 aliphatic rings. The van der Waals surface area contributed by atoms with Gasteiger partial charge in [0.2, 0.25) is 0 Å². The standard InChI is InChI=1S/C16H11N3O2S/c1-18-15(20)17-14-10-6-2-4-8-12(10)22-13-9-5-3-7-11(13)19(14)16(18)21/h2-9H,1H3. The van der Waals surface area contributed by atoms with E-state index in [1.165, 1.54) is 11.6 Å². The topological polar surface area (TPSA) is 56.9 Å². The largest absolute Gasteiger partial charge is 0.353 e. The predicted molar refractivity (Wildman–Crippen MR) is 84.6 cm³/mol. The van der Waals surface area contributed by atoms with Crippen LogP contribution in [0.1, 0.15) is 0 Å². The lowest BCUT2D eigenvalue weighted by Gasteiger charge is -2.12. The smallest absolute Gasteiger partial charge is 0.247 e. The van der Waals surface area contributed by atoms with E-state index in [1.807, 2.05) is 48.5 Å². The van der Waals surface area contributed by atoms with Crippen LogP contribution in [0.3, 0.4) is 0 Å². The Hall–Kier alpha value is -2.60. The summed E-state index contributed by atoms with van der Waals surface area (Å²) >= 11 is 1.57. The van der Waals surface area contributed by atoms with Gasteiger partial charge in [0.1, 0.15) is 0 Å². The molecule has 2 aromatic carbocycles. The third kappa shape index (κ3) is 1.77. The van der Waals surface area contributed by atoms with Crippen LogP contribution in [0.5, 0.6) is 0 Å². The maximum atomic E-state index is 12.6. The van der Waals surface area contributed by atoms with Gasteiger partial charge in [-0.2, -0.15) is 4.98 Å². The molecule has 0 fully saturated rings. The van der Waals surface area contributed by atoms with E-state index < -0.39 is 5.69 Å². The number of nitrogens with zero attached hydrogens (tertiary/aromatic N) is 3. The summed E-state index contributed by atoms with van der Waals surface area (Å²) in [7, 11) is 1.44. The Morgan fingerprint density at radius 3 is 2.45 bits per heavy atom. The minimum atomic E-state index is -0.546. The average molecular weight is 309 g/mol. The lowest BCUT2D eigenvalue weighted by atomic mass is 10.2. The van der Waals surface area contributed by atoms with Crippen molar-refractivity contribution in [2.24, 2.45) is 7.05 Å². The summed E-state index contributed by atoms with van der Waals surface area (Å²) in [4.78, 5) is 30.7. The van der Waals surface area contributed by atoms with E-state index in [2.05, 4.69) is 4.98 Å². The van der Waals surface area contributed by atoms with E-state index in [0.29, 0.717) is 5.82 Å². The average Bonchev–Trinajstić information content (AvgIpc) is 2.67. The van der Waals surface area contributed by atoms with Crippen LogP contribution >= 0.6 is 11.8 Å². The van der Waals surface area contributed by atoms with E-state index in [1.54, 1.807) is 11.8 Å². The summed E-state index contributed by atoms with van der Waals surface area (Å²) in [6.45, 7) is 0. The highest BCUT2D eigenvalue weighted by Gasteiger charge is 2.22. The molecule has 1 aromatic heterocycles. The zero-order valence-corrected chi connectivity index (χ0v) is 12.5. The highest BCUT2D eigenvalue weighted by atomic mass is 32.2. The van der Waals surface area contributed by atoms with Crippen molar-refractivity contribution >= 4 is 11.8 Å². The van der Waals surface area contributed by atoms with Gasteiger partial charge in [0, 0.05) is 22.4 Å². The normalized spacial score (nSPS) is 12.0. The Morgan fingerprint density at radius 1 is 0.955 bits per heavy atom. The molecule has 0 unspecified atom stereocenters. The molecule has 3 aromatic rings. The van der Waals surface area contributed by atoms with Gasteiger partial charge in [-0.3, -0.25) is 0 Å². The van der Waals surface area contributed by atoms with Gasteiger partial charge in [-0.1, -0.05) is 42.1 Å². The van der Waals surface area contributed by atoms with Crippen LogP contribution in [-0.2, 0) is 7.05 Å². The lowest BCUT2D eigenvalue weighted by Crippen LogP contribution is -2.40. The fraction of sp³-hybridized carbons (Fsp3) is 0.0625. The Bertz CT molecular complexity index is 1020. The number of hydrogen-bond acceptors (Lipinski definition) is 4. The van der Waals surface area contributed by atoms with Crippen molar-refractivity contribution < 1.29 is 0 Å². The van der Waals surface area contributed by atoms with Gasteiger partial charge in [-0.15, -0.1) is 0 Å². The molecule has 22 heavy (non-hydrogen) atoms. The molecule has 5 nitrogen and oxygen atoms in total. The Balaban J connectivity index is 2.25. The van der Waals surface area contributed by atoms with Crippen LogP contribution in [0.2, 0.25) is 0 Å². The highest BCUT2D eigenvalue weighted by molar-refractivity contribution is 7.99. The third-order valence-electron chi connectivity index (χ3n) is 3.63. The molecule has 0 radical (unpaired) electrons. The van der Waals surface area contributed by atoms with Gasteiger partial charge in [0.05, 0.1) is 5.69 Å². The van der Waals surface area contributed by atoms with Crippen LogP contribution in [0.4, 0.5) is 0 Å². The van der Waals surface area contributed by atoms with E-state index in [0.717, 1.165) is 25.6 Å². The number of rotatable bonds is 0. The van der Waals surface area contributed by atoms with E-state index in [-0.39, 0.29) is 5.69 Å². The second-order valence-corrected chi connectivity index (χ2v) is 6.04. The van der Waals surface area contributed by atoms with Gasteiger partial charge >= 0.3 is 11.4 Å². The molecule has 108 valence electrons. The van der Waals surface area contributed by atoms with E-state index in [9.17, 15) is 9.59 Å². The molecule has 0 spiro atoms. The number of fused-ring (bicyclic) bond motifs is 5. The van der Waals surface area contributed by atoms with E-state index >= 15 is 0 Å². The molecule has 0 bridgehead atoms. The Morgan fingerprint density at radius 2 is 1.64 bits per heavy atom. The molecular weight excluding hydrogens is 298 g/mol. The second-order valence-electron chi connectivity index (χ2n) is 4.96. The molecule has 0 aliphatic carbocycles. The third-order valence-corrected chi connectivity index (χ3v) is 4.77. The fourth-order valence-corrected chi connectivity index (χ4v) is 3.59. The van der Waals surface area contributed by atoms with Crippen molar-refractivity contribution in [3.05, 3.63) is 69.5 Å². The van der Waals surface area contributed by atoms with Crippen molar-refractivity contribution in [2.75, 3.05) is 0 Å². The van der Waals surface area contributed by atoms with Crippen LogP contribution in [-0.4, -0.2) is 14.1 Å². The van der Waals surface area contributed by atoms with Crippen molar-refractivity contribution in [3.63, 3.8) is 0 Å². The van der Waals surface area contributed by atoms with Crippen LogP contribution in [0.15, 0.2) is 67.9 Å². The molecule has 0 atom stereocenters. The molecule has 2 heterocycles. The van der Waals surface area contributed by atoms with Crippen molar-refractivity contribution in [1.29, 1.82) is 0 Å². The van der Waals surface area contributed by atoms with Gasteiger partial charge in [0.25, 0.3) is 0 Å². The quantitative estimate of drug-likeness (QED) is 0.499. The Kier molecular flexibility index (Phi) is 2.80. The van der Waals surface area contributed by atoms with Crippen LogP contribution < -0.4 is 11.4 Å². The second kappa shape index (κ2) is 4.71. The molecule has 0 saturated heterocycles. The van der Waals surface area contributed by atoms with Gasteiger partial charge in [-0.05, 0) is 18.2 Å². The zero-order chi connectivity index (χ0) is 15.3. The van der Waals surface area contributed by atoms with Crippen molar-refractivity contribution in [3.8, 4) is 17.1 Å². The first-order chi connectivity index (χ1) is 10.7. The minimum absolute atomic E-state index is 0.389. The first-order valence-electron chi connectivity index (χ1n) is 6.73. The molecule has 0 N–H and O–H groups in total.